The smallest absolute Gasteiger partial charge is 0.480 e. The average Bonchev–Trinajstić information content (AvgIpc) is 2.35. The van der Waals surface area contributed by atoms with Crippen LogP contribution in [0.5, 0.6) is 11.6 Å². The summed E-state index contributed by atoms with van der Waals surface area (Å²) in [5.41, 5.74) is -1.02. The third-order valence-electron chi connectivity index (χ3n) is 2.04. The highest BCUT2D eigenvalue weighted by atomic mass is 19.4. The maximum absolute atomic E-state index is 12.6. The number of alkyl halides is 4. The molecule has 1 aromatic heterocycles. The van der Waals surface area contributed by atoms with Crippen molar-refractivity contribution in [2.45, 2.75) is 20.0 Å². The maximum atomic E-state index is 12.6. The van der Waals surface area contributed by atoms with Crippen molar-refractivity contribution in [3.63, 3.8) is 0 Å². The lowest BCUT2D eigenvalue weighted by Crippen LogP contribution is -2.20. The van der Waals surface area contributed by atoms with Gasteiger partial charge in [0.2, 0.25) is 5.88 Å². The van der Waals surface area contributed by atoms with Crippen LogP contribution in [0.1, 0.15) is 23.0 Å². The number of hydrogen-bond acceptors (Lipinski definition) is 5. The number of carbonyl (C=O) groups is 1. The number of pyridine rings is 1. The van der Waals surface area contributed by atoms with E-state index in [1.165, 1.54) is 6.92 Å². The van der Waals surface area contributed by atoms with E-state index < -0.39 is 36.2 Å². The van der Waals surface area contributed by atoms with E-state index in [-0.39, 0.29) is 12.3 Å². The van der Waals surface area contributed by atoms with Gasteiger partial charge in [0, 0.05) is 6.07 Å². The summed E-state index contributed by atoms with van der Waals surface area (Å²) in [4.78, 5) is 15.2. The third-order valence-corrected chi connectivity index (χ3v) is 2.04. The Kier molecular flexibility index (Phi) is 5.12. The normalized spacial score (nSPS) is 11.1. The molecule has 0 unspecified atom stereocenters. The molecule has 20 heavy (non-hydrogen) atoms. The van der Waals surface area contributed by atoms with Crippen molar-refractivity contribution in [1.29, 1.82) is 0 Å². The van der Waals surface area contributed by atoms with Crippen LogP contribution in [0.15, 0.2) is 6.07 Å². The first kappa shape index (κ1) is 16.0. The summed E-state index contributed by atoms with van der Waals surface area (Å²) in [6.45, 7) is 0.254. The molecule has 0 saturated heterocycles. The largest absolute Gasteiger partial charge is 0.573 e. The first-order valence-electron chi connectivity index (χ1n) is 5.39. The summed E-state index contributed by atoms with van der Waals surface area (Å²) >= 11 is 0. The molecule has 0 amide bonds. The summed E-state index contributed by atoms with van der Waals surface area (Å²) < 4.78 is 62.5. The number of halogens is 4. The number of hydrogen-bond donors (Lipinski definition) is 0. The maximum Gasteiger partial charge on any atom is 0.573 e. The molecule has 0 N–H and O–H groups in total. The monoisotopic (exact) mass is 297 g/mol. The lowest BCUT2D eigenvalue weighted by Gasteiger charge is -2.15. The molecule has 112 valence electrons. The van der Waals surface area contributed by atoms with Gasteiger partial charge in [0.15, 0.2) is 11.3 Å². The SMILES string of the molecule is CCOC(=O)c1c(OC(F)(F)F)cc(CF)nc1OC. The summed E-state index contributed by atoms with van der Waals surface area (Å²) in [6.07, 6.45) is -5.05. The molecular formula is C11H11F4NO4. The van der Waals surface area contributed by atoms with E-state index in [1.54, 1.807) is 0 Å². The van der Waals surface area contributed by atoms with Crippen LogP contribution < -0.4 is 9.47 Å². The minimum absolute atomic E-state index is 0.0711. The van der Waals surface area contributed by atoms with Crippen LogP contribution in [0.4, 0.5) is 17.6 Å². The van der Waals surface area contributed by atoms with E-state index in [1.807, 2.05) is 0 Å². The van der Waals surface area contributed by atoms with Crippen LogP contribution in [0, 0.1) is 0 Å². The second-order valence-corrected chi connectivity index (χ2v) is 3.40. The van der Waals surface area contributed by atoms with Gasteiger partial charge in [-0.15, -0.1) is 13.2 Å². The Morgan fingerprint density at radius 3 is 2.50 bits per heavy atom. The highest BCUT2D eigenvalue weighted by Crippen LogP contribution is 2.33. The molecule has 0 aliphatic carbocycles. The Labute approximate surface area is 111 Å². The van der Waals surface area contributed by atoms with Crippen molar-refractivity contribution in [3.05, 3.63) is 17.3 Å². The molecule has 1 rings (SSSR count). The van der Waals surface area contributed by atoms with E-state index in [2.05, 4.69) is 19.2 Å². The molecule has 0 aliphatic heterocycles. The van der Waals surface area contributed by atoms with Gasteiger partial charge in [-0.2, -0.15) is 0 Å². The number of rotatable bonds is 5. The van der Waals surface area contributed by atoms with Crippen molar-refractivity contribution in [2.75, 3.05) is 13.7 Å². The van der Waals surface area contributed by atoms with Crippen molar-refractivity contribution in [2.24, 2.45) is 0 Å². The molecule has 1 heterocycles. The number of methoxy groups -OCH3 is 1. The van der Waals surface area contributed by atoms with Gasteiger partial charge in [-0.1, -0.05) is 0 Å². The Bertz CT molecular complexity index is 490. The van der Waals surface area contributed by atoms with Gasteiger partial charge < -0.3 is 14.2 Å². The van der Waals surface area contributed by atoms with E-state index in [0.29, 0.717) is 6.07 Å². The Hall–Kier alpha value is -2.06. The van der Waals surface area contributed by atoms with Crippen molar-refractivity contribution >= 4 is 5.97 Å². The topological polar surface area (TPSA) is 57.7 Å². The first-order valence-corrected chi connectivity index (χ1v) is 5.39. The molecule has 5 nitrogen and oxygen atoms in total. The fourth-order valence-corrected chi connectivity index (χ4v) is 1.36. The number of aromatic nitrogens is 1. The van der Waals surface area contributed by atoms with Crippen molar-refractivity contribution < 1.29 is 36.6 Å². The molecule has 0 radical (unpaired) electrons. The molecule has 0 atom stereocenters. The van der Waals surface area contributed by atoms with E-state index >= 15 is 0 Å². The van der Waals surface area contributed by atoms with Gasteiger partial charge >= 0.3 is 12.3 Å². The zero-order chi connectivity index (χ0) is 15.3. The van der Waals surface area contributed by atoms with Crippen LogP contribution in [0.3, 0.4) is 0 Å². The van der Waals surface area contributed by atoms with E-state index in [9.17, 15) is 22.4 Å². The van der Waals surface area contributed by atoms with Crippen LogP contribution in [0.2, 0.25) is 0 Å². The third kappa shape index (κ3) is 3.97. The predicted octanol–water partition coefficient (Wildman–Crippen LogP) is 2.64. The summed E-state index contributed by atoms with van der Waals surface area (Å²) in [5, 5.41) is 0. The molecule has 0 aliphatic rings. The number of ether oxygens (including phenoxy) is 3. The molecule has 0 bridgehead atoms. The summed E-state index contributed by atoms with van der Waals surface area (Å²) in [5.74, 6) is -2.53. The lowest BCUT2D eigenvalue weighted by atomic mass is 10.2. The van der Waals surface area contributed by atoms with Gasteiger partial charge in [-0.3, -0.25) is 0 Å². The lowest BCUT2D eigenvalue weighted by molar-refractivity contribution is -0.274. The number of carbonyl (C=O) groups excluding carboxylic acids is 1. The second kappa shape index (κ2) is 6.40. The minimum Gasteiger partial charge on any atom is -0.480 e. The summed E-state index contributed by atoms with van der Waals surface area (Å²) in [6, 6.07) is 0.669. The predicted molar refractivity (Wildman–Crippen MR) is 58.2 cm³/mol. The summed E-state index contributed by atoms with van der Waals surface area (Å²) in [7, 11) is 1.07. The van der Waals surface area contributed by atoms with Gasteiger partial charge in [-0.05, 0) is 6.92 Å². The highest BCUT2D eigenvalue weighted by Gasteiger charge is 2.35. The fraction of sp³-hybridized carbons (Fsp3) is 0.455. The Morgan fingerprint density at radius 2 is 2.05 bits per heavy atom. The van der Waals surface area contributed by atoms with Crippen LogP contribution in [-0.2, 0) is 11.4 Å². The second-order valence-electron chi connectivity index (χ2n) is 3.40. The molecule has 0 aromatic carbocycles. The molecule has 9 heteroatoms. The van der Waals surface area contributed by atoms with E-state index in [4.69, 9.17) is 0 Å². The molecule has 0 spiro atoms. The molecule has 1 aromatic rings. The standard InChI is InChI=1S/C11H11F4NO4/c1-3-19-10(17)8-7(20-11(13,14)15)4-6(5-12)16-9(8)18-2/h4H,3,5H2,1-2H3. The van der Waals surface area contributed by atoms with Crippen LogP contribution in [0.25, 0.3) is 0 Å². The van der Waals surface area contributed by atoms with Crippen LogP contribution in [-0.4, -0.2) is 31.0 Å². The average molecular weight is 297 g/mol. The van der Waals surface area contributed by atoms with Crippen molar-refractivity contribution in [3.8, 4) is 11.6 Å². The quantitative estimate of drug-likeness (QED) is 0.617. The molecule has 0 saturated carbocycles. The van der Waals surface area contributed by atoms with Crippen molar-refractivity contribution in [1.82, 2.24) is 4.98 Å². The van der Waals surface area contributed by atoms with Gasteiger partial charge in [0.25, 0.3) is 0 Å². The van der Waals surface area contributed by atoms with Crippen LogP contribution >= 0.6 is 0 Å². The Morgan fingerprint density at radius 1 is 1.40 bits per heavy atom. The first-order chi connectivity index (χ1) is 9.32. The highest BCUT2D eigenvalue weighted by molar-refractivity contribution is 5.95. The zero-order valence-corrected chi connectivity index (χ0v) is 10.6. The molecule has 0 fully saturated rings. The molecular weight excluding hydrogens is 286 g/mol. The Balaban J connectivity index is 3.38. The van der Waals surface area contributed by atoms with Gasteiger partial charge in [0.05, 0.1) is 19.4 Å². The fourth-order valence-electron chi connectivity index (χ4n) is 1.36. The minimum atomic E-state index is -5.05. The number of nitrogens with zero attached hydrogens (tertiary/aromatic N) is 1. The zero-order valence-electron chi connectivity index (χ0n) is 10.6. The van der Waals surface area contributed by atoms with E-state index in [0.717, 1.165) is 7.11 Å². The van der Waals surface area contributed by atoms with Gasteiger partial charge in [0.1, 0.15) is 6.67 Å². The van der Waals surface area contributed by atoms with Gasteiger partial charge in [-0.25, -0.2) is 14.2 Å². The number of esters is 1.